The lowest BCUT2D eigenvalue weighted by molar-refractivity contribution is 0.235. The number of carbonyl (C=O) groups is 1. The van der Waals surface area contributed by atoms with E-state index in [1.54, 1.807) is 0 Å². The van der Waals surface area contributed by atoms with E-state index in [0.717, 1.165) is 32.1 Å². The molecular weight excluding hydrogens is 164 g/mol. The van der Waals surface area contributed by atoms with Crippen LogP contribution in [0.15, 0.2) is 0 Å². The Morgan fingerprint density at radius 1 is 1.46 bits per heavy atom. The summed E-state index contributed by atoms with van der Waals surface area (Å²) in [7, 11) is 0. The summed E-state index contributed by atoms with van der Waals surface area (Å²) in [5.74, 6) is 0. The molecule has 1 rings (SSSR count). The van der Waals surface area contributed by atoms with Gasteiger partial charge in [-0.05, 0) is 25.7 Å². The Bertz CT molecular complexity index is 166. The highest BCUT2D eigenvalue weighted by Gasteiger charge is 2.23. The highest BCUT2D eigenvalue weighted by molar-refractivity contribution is 5.74. The van der Waals surface area contributed by atoms with E-state index in [0.29, 0.717) is 12.1 Å². The third kappa shape index (κ3) is 4.15. The zero-order valence-corrected chi connectivity index (χ0v) is 8.60. The van der Waals surface area contributed by atoms with Crippen molar-refractivity contribution in [1.82, 2.24) is 10.6 Å². The second-order valence-corrected chi connectivity index (χ2v) is 3.79. The topological polar surface area (TPSA) is 41.1 Å². The summed E-state index contributed by atoms with van der Waals surface area (Å²) >= 11 is 0. The van der Waals surface area contributed by atoms with Crippen LogP contribution in [0.5, 0.6) is 0 Å². The van der Waals surface area contributed by atoms with Crippen LogP contribution in [0.3, 0.4) is 0 Å². The number of rotatable bonds is 5. The third-order valence-electron chi connectivity index (χ3n) is 2.38. The molecule has 0 heterocycles. The quantitative estimate of drug-likeness (QED) is 0.674. The number of amides is 2. The maximum atomic E-state index is 11.3. The highest BCUT2D eigenvalue weighted by Crippen LogP contribution is 2.18. The van der Waals surface area contributed by atoms with Gasteiger partial charge in [-0.1, -0.05) is 20.3 Å². The van der Waals surface area contributed by atoms with Crippen molar-refractivity contribution in [2.24, 2.45) is 0 Å². The Labute approximate surface area is 80.3 Å². The minimum atomic E-state index is 0.0165. The lowest BCUT2D eigenvalue weighted by atomic mass is 10.1. The van der Waals surface area contributed by atoms with E-state index < -0.39 is 0 Å². The molecule has 2 N–H and O–H groups in total. The van der Waals surface area contributed by atoms with Gasteiger partial charge in [0.15, 0.2) is 0 Å². The minimum Gasteiger partial charge on any atom is -0.335 e. The normalized spacial score (nSPS) is 18.0. The van der Waals surface area contributed by atoms with Crippen molar-refractivity contribution in [2.75, 3.05) is 0 Å². The van der Waals surface area contributed by atoms with Gasteiger partial charge in [-0.2, -0.15) is 0 Å². The van der Waals surface area contributed by atoms with E-state index in [-0.39, 0.29) is 6.03 Å². The maximum Gasteiger partial charge on any atom is 0.315 e. The molecule has 1 aliphatic rings. The first-order valence-corrected chi connectivity index (χ1v) is 5.33. The highest BCUT2D eigenvalue weighted by atomic mass is 16.2. The van der Waals surface area contributed by atoms with Gasteiger partial charge in [0.25, 0.3) is 0 Å². The fourth-order valence-corrected chi connectivity index (χ4v) is 1.37. The monoisotopic (exact) mass is 184 g/mol. The average Bonchev–Trinajstić information content (AvgIpc) is 2.87. The Morgan fingerprint density at radius 3 is 2.62 bits per heavy atom. The van der Waals surface area contributed by atoms with Crippen LogP contribution in [0.1, 0.15) is 46.0 Å². The molecule has 1 atom stereocenters. The van der Waals surface area contributed by atoms with E-state index in [1.165, 1.54) is 0 Å². The smallest absolute Gasteiger partial charge is 0.315 e. The summed E-state index contributed by atoms with van der Waals surface area (Å²) in [4.78, 5) is 11.3. The van der Waals surface area contributed by atoms with E-state index in [2.05, 4.69) is 24.5 Å². The molecule has 13 heavy (non-hydrogen) atoms. The number of nitrogens with one attached hydrogen (secondary N) is 2. The van der Waals surface area contributed by atoms with Gasteiger partial charge >= 0.3 is 6.03 Å². The van der Waals surface area contributed by atoms with Gasteiger partial charge in [-0.25, -0.2) is 4.79 Å². The predicted molar refractivity (Wildman–Crippen MR) is 53.7 cm³/mol. The van der Waals surface area contributed by atoms with Crippen LogP contribution >= 0.6 is 0 Å². The van der Waals surface area contributed by atoms with E-state index in [4.69, 9.17) is 0 Å². The molecule has 0 saturated heterocycles. The molecule has 3 nitrogen and oxygen atoms in total. The fourth-order valence-electron chi connectivity index (χ4n) is 1.37. The van der Waals surface area contributed by atoms with E-state index in [9.17, 15) is 4.79 Å². The SMILES string of the molecule is CCCC(CC)NC(=O)NC1CC1. The molecule has 0 aliphatic heterocycles. The molecule has 1 saturated carbocycles. The number of carbonyl (C=O) groups excluding carboxylic acids is 1. The van der Waals surface area contributed by atoms with Gasteiger partial charge < -0.3 is 10.6 Å². The van der Waals surface area contributed by atoms with Gasteiger partial charge in [0.2, 0.25) is 0 Å². The summed E-state index contributed by atoms with van der Waals surface area (Å²) in [5, 5.41) is 5.92. The van der Waals surface area contributed by atoms with Crippen molar-refractivity contribution >= 4 is 6.03 Å². The zero-order valence-electron chi connectivity index (χ0n) is 8.60. The van der Waals surface area contributed by atoms with E-state index in [1.807, 2.05) is 0 Å². The van der Waals surface area contributed by atoms with Crippen molar-refractivity contribution in [3.8, 4) is 0 Å². The summed E-state index contributed by atoms with van der Waals surface area (Å²) < 4.78 is 0. The lowest BCUT2D eigenvalue weighted by Crippen LogP contribution is -2.42. The molecular formula is C10H20N2O. The molecule has 0 aromatic carbocycles. The molecule has 1 unspecified atom stereocenters. The molecule has 1 fully saturated rings. The average molecular weight is 184 g/mol. The predicted octanol–water partition coefficient (Wildman–Crippen LogP) is 2.03. The summed E-state index contributed by atoms with van der Waals surface area (Å²) in [6.07, 6.45) is 5.53. The van der Waals surface area contributed by atoms with Crippen LogP contribution in [0.25, 0.3) is 0 Å². The van der Waals surface area contributed by atoms with Gasteiger partial charge in [-0.3, -0.25) is 0 Å². The largest absolute Gasteiger partial charge is 0.335 e. The molecule has 76 valence electrons. The van der Waals surface area contributed by atoms with Crippen molar-refractivity contribution in [3.05, 3.63) is 0 Å². The molecule has 0 aromatic heterocycles. The van der Waals surface area contributed by atoms with Gasteiger partial charge in [0.05, 0.1) is 0 Å². The molecule has 1 aliphatic carbocycles. The second-order valence-electron chi connectivity index (χ2n) is 3.79. The fraction of sp³-hybridized carbons (Fsp3) is 0.900. The van der Waals surface area contributed by atoms with Crippen LogP contribution in [0, 0.1) is 0 Å². The first-order chi connectivity index (χ1) is 6.26. The molecule has 0 bridgehead atoms. The van der Waals surface area contributed by atoms with Crippen molar-refractivity contribution in [3.63, 3.8) is 0 Å². The Morgan fingerprint density at radius 2 is 2.15 bits per heavy atom. The second kappa shape index (κ2) is 5.10. The van der Waals surface area contributed by atoms with Crippen molar-refractivity contribution < 1.29 is 4.79 Å². The summed E-state index contributed by atoms with van der Waals surface area (Å²) in [5.41, 5.74) is 0. The molecule has 3 heteroatoms. The lowest BCUT2D eigenvalue weighted by Gasteiger charge is -2.16. The van der Waals surface area contributed by atoms with Gasteiger partial charge in [-0.15, -0.1) is 0 Å². The zero-order chi connectivity index (χ0) is 9.68. The van der Waals surface area contributed by atoms with Crippen LogP contribution in [0.2, 0.25) is 0 Å². The van der Waals surface area contributed by atoms with Crippen LogP contribution < -0.4 is 10.6 Å². The Hall–Kier alpha value is -0.730. The molecule has 0 radical (unpaired) electrons. The van der Waals surface area contributed by atoms with Crippen LogP contribution in [-0.4, -0.2) is 18.1 Å². The molecule has 0 spiro atoms. The maximum absolute atomic E-state index is 11.3. The Kier molecular flexibility index (Phi) is 4.06. The van der Waals surface area contributed by atoms with Crippen molar-refractivity contribution in [2.45, 2.75) is 58.0 Å². The van der Waals surface area contributed by atoms with Crippen molar-refractivity contribution in [1.29, 1.82) is 0 Å². The standard InChI is InChI=1S/C10H20N2O/c1-3-5-8(4-2)11-10(13)12-9-6-7-9/h8-9H,3-7H2,1-2H3,(H2,11,12,13). The summed E-state index contributed by atoms with van der Waals surface area (Å²) in [6, 6.07) is 0.825. The number of hydrogen-bond donors (Lipinski definition) is 2. The number of urea groups is 1. The molecule has 2 amide bonds. The first-order valence-electron chi connectivity index (χ1n) is 5.33. The Balaban J connectivity index is 2.14. The first kappa shape index (κ1) is 10.4. The third-order valence-corrected chi connectivity index (χ3v) is 2.38. The van der Waals surface area contributed by atoms with Gasteiger partial charge in [0, 0.05) is 12.1 Å². The minimum absolute atomic E-state index is 0.0165. The number of hydrogen-bond acceptors (Lipinski definition) is 1. The van der Waals surface area contributed by atoms with E-state index >= 15 is 0 Å². The van der Waals surface area contributed by atoms with Gasteiger partial charge in [0.1, 0.15) is 0 Å². The van der Waals surface area contributed by atoms with Crippen LogP contribution in [-0.2, 0) is 0 Å². The molecule has 0 aromatic rings. The summed E-state index contributed by atoms with van der Waals surface area (Å²) in [6.45, 7) is 4.25. The van der Waals surface area contributed by atoms with Crippen LogP contribution in [0.4, 0.5) is 4.79 Å².